The zero-order valence-electron chi connectivity index (χ0n) is 13.9. The van der Waals surface area contributed by atoms with Gasteiger partial charge in [-0.15, -0.1) is 10.2 Å². The number of aryl methyl sites for hydroxylation is 1. The van der Waals surface area contributed by atoms with Crippen molar-refractivity contribution in [1.29, 1.82) is 0 Å². The highest BCUT2D eigenvalue weighted by Crippen LogP contribution is 2.28. The van der Waals surface area contributed by atoms with E-state index >= 15 is 0 Å². The number of benzene rings is 1. The van der Waals surface area contributed by atoms with Crippen molar-refractivity contribution in [3.05, 3.63) is 53.7 Å². The zero-order chi connectivity index (χ0) is 17.6. The second kappa shape index (κ2) is 5.80. The molecule has 3 heterocycles. The number of halogens is 1. The van der Waals surface area contributed by atoms with Crippen LogP contribution >= 0.6 is 0 Å². The van der Waals surface area contributed by atoms with Crippen LogP contribution in [0.4, 0.5) is 4.39 Å². The molecule has 0 aliphatic carbocycles. The van der Waals surface area contributed by atoms with E-state index in [9.17, 15) is 9.18 Å². The van der Waals surface area contributed by atoms with Crippen molar-refractivity contribution in [3.8, 4) is 11.5 Å². The van der Waals surface area contributed by atoms with Crippen LogP contribution in [0.5, 0.6) is 0 Å². The topological polar surface area (TPSA) is 68.8 Å². The minimum atomic E-state index is -0.433. The fourth-order valence-corrected chi connectivity index (χ4v) is 3.22. The van der Waals surface area contributed by atoms with Gasteiger partial charge in [0, 0.05) is 19.8 Å². The van der Waals surface area contributed by atoms with Crippen molar-refractivity contribution >= 4 is 5.91 Å². The molecule has 0 radical (unpaired) electrons. The lowest BCUT2D eigenvalue weighted by atomic mass is 10.1. The van der Waals surface area contributed by atoms with Gasteiger partial charge < -0.3 is 4.90 Å². The van der Waals surface area contributed by atoms with Crippen molar-refractivity contribution < 1.29 is 9.18 Å². The lowest BCUT2D eigenvalue weighted by Crippen LogP contribution is -2.41. The lowest BCUT2D eigenvalue weighted by molar-refractivity contribution is -0.137. The third-order valence-corrected chi connectivity index (χ3v) is 4.47. The Balaban J connectivity index is 1.67. The maximum atomic E-state index is 13.4. The van der Waals surface area contributed by atoms with Crippen LogP contribution in [0.15, 0.2) is 36.5 Å². The SMILES string of the molecule is C[C@H]1C(=O)N(Cc2cccc(F)c2)Cc2nnc(-c3ccnn3C)n21. The van der Waals surface area contributed by atoms with E-state index in [0.717, 1.165) is 11.3 Å². The largest absolute Gasteiger partial charge is 0.329 e. The van der Waals surface area contributed by atoms with Gasteiger partial charge in [-0.05, 0) is 30.7 Å². The Hall–Kier alpha value is -3.03. The number of carbonyl (C=O) groups is 1. The quantitative estimate of drug-likeness (QED) is 0.730. The Morgan fingerprint density at radius 3 is 2.84 bits per heavy atom. The van der Waals surface area contributed by atoms with Crippen LogP contribution in [0.25, 0.3) is 11.5 Å². The van der Waals surface area contributed by atoms with Gasteiger partial charge in [-0.25, -0.2) is 4.39 Å². The fraction of sp³-hybridized carbons (Fsp3) is 0.294. The van der Waals surface area contributed by atoms with Crippen molar-refractivity contribution in [2.45, 2.75) is 26.1 Å². The maximum Gasteiger partial charge on any atom is 0.246 e. The molecule has 2 aromatic heterocycles. The van der Waals surface area contributed by atoms with E-state index in [1.807, 2.05) is 24.6 Å². The Kier molecular flexibility index (Phi) is 3.60. The molecule has 4 rings (SSSR count). The van der Waals surface area contributed by atoms with Gasteiger partial charge in [0.25, 0.3) is 0 Å². The molecule has 0 saturated heterocycles. The predicted octanol–water partition coefficient (Wildman–Crippen LogP) is 1.92. The van der Waals surface area contributed by atoms with Gasteiger partial charge in [-0.1, -0.05) is 12.1 Å². The van der Waals surface area contributed by atoms with Crippen molar-refractivity contribution in [2.75, 3.05) is 0 Å². The molecule has 7 nitrogen and oxygen atoms in total. The summed E-state index contributed by atoms with van der Waals surface area (Å²) in [7, 11) is 1.82. The lowest BCUT2D eigenvalue weighted by Gasteiger charge is -2.32. The molecule has 0 bridgehead atoms. The molecule has 0 fully saturated rings. The van der Waals surface area contributed by atoms with E-state index in [0.29, 0.717) is 24.7 Å². The Morgan fingerprint density at radius 2 is 2.12 bits per heavy atom. The molecule has 1 aromatic carbocycles. The molecule has 0 unspecified atom stereocenters. The van der Waals surface area contributed by atoms with Crippen LogP contribution in [-0.4, -0.2) is 35.4 Å². The highest BCUT2D eigenvalue weighted by Gasteiger charge is 2.34. The number of carbonyl (C=O) groups excluding carboxylic acids is 1. The molecule has 1 atom stereocenters. The number of hydrogen-bond donors (Lipinski definition) is 0. The molecule has 0 spiro atoms. The highest BCUT2D eigenvalue weighted by atomic mass is 19.1. The number of amides is 1. The van der Waals surface area contributed by atoms with Crippen LogP contribution in [0.2, 0.25) is 0 Å². The fourth-order valence-electron chi connectivity index (χ4n) is 3.22. The van der Waals surface area contributed by atoms with Crippen LogP contribution in [0, 0.1) is 5.82 Å². The van der Waals surface area contributed by atoms with Crippen molar-refractivity contribution in [1.82, 2.24) is 29.4 Å². The van der Waals surface area contributed by atoms with E-state index in [4.69, 9.17) is 0 Å². The maximum absolute atomic E-state index is 13.4. The molecule has 1 amide bonds. The van der Waals surface area contributed by atoms with Crippen LogP contribution in [0.1, 0.15) is 24.4 Å². The van der Waals surface area contributed by atoms with Crippen LogP contribution in [0.3, 0.4) is 0 Å². The predicted molar refractivity (Wildman–Crippen MR) is 87.6 cm³/mol. The monoisotopic (exact) mass is 340 g/mol. The third kappa shape index (κ3) is 2.59. The van der Waals surface area contributed by atoms with Gasteiger partial charge >= 0.3 is 0 Å². The number of aromatic nitrogens is 5. The molecule has 3 aromatic rings. The Morgan fingerprint density at radius 1 is 1.28 bits per heavy atom. The Bertz CT molecular complexity index is 946. The first kappa shape index (κ1) is 15.5. The number of rotatable bonds is 3. The molecular formula is C17H17FN6O. The van der Waals surface area contributed by atoms with Gasteiger partial charge in [0.2, 0.25) is 5.91 Å². The summed E-state index contributed by atoms with van der Waals surface area (Å²) >= 11 is 0. The molecule has 0 saturated carbocycles. The third-order valence-electron chi connectivity index (χ3n) is 4.47. The first-order chi connectivity index (χ1) is 12.0. The van der Waals surface area contributed by atoms with Gasteiger partial charge in [0.05, 0.1) is 6.54 Å². The summed E-state index contributed by atoms with van der Waals surface area (Å²) < 4.78 is 16.9. The molecule has 8 heteroatoms. The normalized spacial score (nSPS) is 17.0. The molecule has 25 heavy (non-hydrogen) atoms. The van der Waals surface area contributed by atoms with E-state index in [1.54, 1.807) is 27.9 Å². The van der Waals surface area contributed by atoms with Crippen molar-refractivity contribution in [3.63, 3.8) is 0 Å². The minimum Gasteiger partial charge on any atom is -0.329 e. The zero-order valence-corrected chi connectivity index (χ0v) is 13.9. The summed E-state index contributed by atoms with van der Waals surface area (Å²) in [6.45, 7) is 2.51. The number of hydrogen-bond acceptors (Lipinski definition) is 4. The second-order valence-corrected chi connectivity index (χ2v) is 6.15. The van der Waals surface area contributed by atoms with Crippen LogP contribution in [-0.2, 0) is 24.9 Å². The smallest absolute Gasteiger partial charge is 0.246 e. The molecule has 1 aliphatic heterocycles. The standard InChI is InChI=1S/C17H17FN6O/c1-11-17(25)23(9-12-4-3-5-13(18)8-12)10-15-20-21-16(24(11)15)14-6-7-19-22(14)2/h3-8,11H,9-10H2,1-2H3/t11-/m0/s1. The van der Waals surface area contributed by atoms with E-state index < -0.39 is 6.04 Å². The first-order valence-electron chi connectivity index (χ1n) is 8.00. The molecule has 0 N–H and O–H groups in total. The molecule has 1 aliphatic rings. The van der Waals surface area contributed by atoms with E-state index in [1.165, 1.54) is 12.1 Å². The summed E-state index contributed by atoms with van der Waals surface area (Å²) in [4.78, 5) is 14.5. The molecular weight excluding hydrogens is 323 g/mol. The summed E-state index contributed by atoms with van der Waals surface area (Å²) in [5.74, 6) is 0.984. The van der Waals surface area contributed by atoms with Gasteiger partial charge in [-0.2, -0.15) is 5.10 Å². The van der Waals surface area contributed by atoms with E-state index in [-0.39, 0.29) is 11.7 Å². The van der Waals surface area contributed by atoms with Crippen LogP contribution < -0.4 is 0 Å². The van der Waals surface area contributed by atoms with E-state index in [2.05, 4.69) is 15.3 Å². The van der Waals surface area contributed by atoms with Crippen molar-refractivity contribution in [2.24, 2.45) is 7.05 Å². The first-order valence-corrected chi connectivity index (χ1v) is 8.00. The van der Waals surface area contributed by atoms with Gasteiger partial charge in [0.1, 0.15) is 17.6 Å². The average Bonchev–Trinajstić information content (AvgIpc) is 3.18. The Labute approximate surface area is 143 Å². The summed E-state index contributed by atoms with van der Waals surface area (Å²) in [6.07, 6.45) is 1.68. The summed E-state index contributed by atoms with van der Waals surface area (Å²) in [5.41, 5.74) is 1.55. The number of fused-ring (bicyclic) bond motifs is 1. The average molecular weight is 340 g/mol. The van der Waals surface area contributed by atoms with Gasteiger partial charge in [-0.3, -0.25) is 14.0 Å². The highest BCUT2D eigenvalue weighted by molar-refractivity contribution is 5.81. The number of nitrogens with zero attached hydrogens (tertiary/aromatic N) is 6. The van der Waals surface area contributed by atoms with Gasteiger partial charge in [0.15, 0.2) is 11.6 Å². The second-order valence-electron chi connectivity index (χ2n) is 6.15. The summed E-state index contributed by atoms with van der Waals surface area (Å²) in [6, 6.07) is 7.69. The minimum absolute atomic E-state index is 0.0417. The summed E-state index contributed by atoms with van der Waals surface area (Å²) in [5, 5.41) is 12.7. The molecule has 128 valence electrons.